The Bertz CT molecular complexity index is 238. The minimum absolute atomic E-state index is 0.424. The predicted octanol–water partition coefficient (Wildman–Crippen LogP) is 3.78. The zero-order chi connectivity index (χ0) is 9.97. The molecule has 0 aromatic rings. The smallest absolute Gasteiger partial charge is 0.0400 e. The summed E-state index contributed by atoms with van der Waals surface area (Å²) in [4.78, 5) is 0. The van der Waals surface area contributed by atoms with Crippen LogP contribution in [0.3, 0.4) is 0 Å². The normalized spacial score (nSPS) is 35.2. The summed E-state index contributed by atoms with van der Waals surface area (Å²) in [6.45, 7) is 4.83. The fourth-order valence-electron chi connectivity index (χ4n) is 3.44. The molecule has 78 valence electrons. The Morgan fingerprint density at radius 3 is 2.50 bits per heavy atom. The van der Waals surface area contributed by atoms with E-state index >= 15 is 0 Å². The summed E-state index contributed by atoms with van der Waals surface area (Å²) in [5.41, 5.74) is 1.11. The number of allylic oxidation sites excluding steroid dienone is 4. The molecule has 0 amide bonds. The molecule has 2 rings (SSSR count). The van der Waals surface area contributed by atoms with Gasteiger partial charge in [-0.05, 0) is 23.8 Å². The molecule has 3 unspecified atom stereocenters. The van der Waals surface area contributed by atoms with Crippen LogP contribution in [0.4, 0.5) is 0 Å². The van der Waals surface area contributed by atoms with E-state index in [1.165, 1.54) is 24.9 Å². The molecule has 0 heterocycles. The maximum Gasteiger partial charge on any atom is 0.0400 e. The lowest BCUT2D eigenvalue weighted by atomic mass is 9.92. The number of hydrogen-bond acceptors (Lipinski definition) is 0. The van der Waals surface area contributed by atoms with Crippen molar-refractivity contribution < 1.29 is 0 Å². The van der Waals surface area contributed by atoms with E-state index in [1.54, 1.807) is 0 Å². The average molecular weight is 206 g/mol. The Morgan fingerprint density at radius 2 is 1.79 bits per heavy atom. The average Bonchev–Trinajstić information content (AvgIpc) is 2.65. The maximum absolute atomic E-state index is 2.49. The molecule has 0 aliphatic heterocycles. The first-order chi connectivity index (χ1) is 6.86. The molecule has 0 aromatic carbocycles. The third-order valence-electron chi connectivity index (χ3n) is 4.28. The molecule has 0 bridgehead atoms. The van der Waals surface area contributed by atoms with Crippen molar-refractivity contribution >= 4 is 8.80 Å². The van der Waals surface area contributed by atoms with Crippen molar-refractivity contribution in [3.05, 3.63) is 24.3 Å². The SMILES string of the molecule is CC[SiH](CC)C1CCC2C=CC=CC21. The van der Waals surface area contributed by atoms with Crippen molar-refractivity contribution in [2.75, 3.05) is 0 Å². The molecular formula is C13H22Si. The minimum atomic E-state index is -0.424. The third-order valence-corrected chi connectivity index (χ3v) is 8.37. The highest BCUT2D eigenvalue weighted by atomic mass is 28.3. The summed E-state index contributed by atoms with van der Waals surface area (Å²) in [6, 6.07) is 3.00. The number of rotatable bonds is 3. The first kappa shape index (κ1) is 10.2. The molecule has 0 N–H and O–H groups in total. The fourth-order valence-corrected chi connectivity index (χ4v) is 6.94. The van der Waals surface area contributed by atoms with E-state index in [1.807, 2.05) is 0 Å². The summed E-state index contributed by atoms with van der Waals surface area (Å²) in [5.74, 6) is 1.83. The van der Waals surface area contributed by atoms with Crippen LogP contribution in [0.25, 0.3) is 0 Å². The molecule has 2 aliphatic rings. The highest BCUT2D eigenvalue weighted by Crippen LogP contribution is 2.47. The molecule has 1 saturated carbocycles. The van der Waals surface area contributed by atoms with E-state index in [0.29, 0.717) is 0 Å². The van der Waals surface area contributed by atoms with Gasteiger partial charge in [0.2, 0.25) is 0 Å². The second-order valence-electron chi connectivity index (χ2n) is 4.83. The van der Waals surface area contributed by atoms with E-state index in [4.69, 9.17) is 0 Å². The van der Waals surface area contributed by atoms with Gasteiger partial charge in [-0.25, -0.2) is 0 Å². The van der Waals surface area contributed by atoms with Gasteiger partial charge >= 0.3 is 0 Å². The molecule has 0 radical (unpaired) electrons. The van der Waals surface area contributed by atoms with Gasteiger partial charge in [-0.3, -0.25) is 0 Å². The molecule has 1 fully saturated rings. The topological polar surface area (TPSA) is 0 Å². The molecular weight excluding hydrogens is 184 g/mol. The van der Waals surface area contributed by atoms with Crippen molar-refractivity contribution in [1.82, 2.24) is 0 Å². The van der Waals surface area contributed by atoms with E-state index in [9.17, 15) is 0 Å². The Morgan fingerprint density at radius 1 is 1.07 bits per heavy atom. The Kier molecular flexibility index (Phi) is 3.27. The van der Waals surface area contributed by atoms with Crippen LogP contribution >= 0.6 is 0 Å². The maximum atomic E-state index is 2.49. The molecule has 0 nitrogen and oxygen atoms in total. The van der Waals surface area contributed by atoms with Crippen LogP contribution in [-0.4, -0.2) is 8.80 Å². The lowest BCUT2D eigenvalue weighted by molar-refractivity contribution is 0.546. The van der Waals surface area contributed by atoms with Crippen LogP contribution in [0.2, 0.25) is 17.6 Å². The lowest BCUT2D eigenvalue weighted by Crippen LogP contribution is -2.23. The second kappa shape index (κ2) is 4.48. The largest absolute Gasteiger partial charge is 0.0809 e. The van der Waals surface area contributed by atoms with Gasteiger partial charge in [-0.15, -0.1) is 0 Å². The summed E-state index contributed by atoms with van der Waals surface area (Å²) < 4.78 is 0. The number of fused-ring (bicyclic) bond motifs is 1. The molecule has 14 heavy (non-hydrogen) atoms. The molecule has 0 spiro atoms. The first-order valence-corrected chi connectivity index (χ1v) is 8.51. The summed E-state index contributed by atoms with van der Waals surface area (Å²) in [7, 11) is -0.424. The van der Waals surface area contributed by atoms with Crippen molar-refractivity contribution in [3.63, 3.8) is 0 Å². The molecule has 0 saturated heterocycles. The summed E-state index contributed by atoms with van der Waals surface area (Å²) in [5, 5.41) is 0. The van der Waals surface area contributed by atoms with Gasteiger partial charge in [-0.2, -0.15) is 0 Å². The second-order valence-corrected chi connectivity index (χ2v) is 8.84. The van der Waals surface area contributed by atoms with Crippen molar-refractivity contribution in [1.29, 1.82) is 0 Å². The van der Waals surface area contributed by atoms with E-state index in [0.717, 1.165) is 17.4 Å². The van der Waals surface area contributed by atoms with Crippen molar-refractivity contribution in [3.8, 4) is 0 Å². The highest BCUT2D eigenvalue weighted by Gasteiger charge is 2.37. The van der Waals surface area contributed by atoms with Gasteiger partial charge < -0.3 is 0 Å². The van der Waals surface area contributed by atoms with Crippen LogP contribution in [0, 0.1) is 11.8 Å². The standard InChI is InChI=1S/C13H22Si/c1-3-14(4-2)13-10-9-11-7-5-6-8-12(11)13/h5-8,11-14H,3-4,9-10H2,1-2H3. The molecule has 0 aromatic heterocycles. The Hall–Kier alpha value is -0.303. The Balaban J connectivity index is 2.08. The molecule has 1 heteroatoms. The van der Waals surface area contributed by atoms with Crippen LogP contribution < -0.4 is 0 Å². The van der Waals surface area contributed by atoms with Gasteiger partial charge in [0.25, 0.3) is 0 Å². The molecule has 2 aliphatic carbocycles. The van der Waals surface area contributed by atoms with Crippen LogP contribution in [0.1, 0.15) is 26.7 Å². The fraction of sp³-hybridized carbons (Fsp3) is 0.692. The van der Waals surface area contributed by atoms with Gasteiger partial charge in [0.1, 0.15) is 0 Å². The van der Waals surface area contributed by atoms with Crippen LogP contribution in [0.15, 0.2) is 24.3 Å². The summed E-state index contributed by atoms with van der Waals surface area (Å²) in [6.07, 6.45) is 12.4. The van der Waals surface area contributed by atoms with Crippen LogP contribution in [-0.2, 0) is 0 Å². The first-order valence-electron chi connectivity index (χ1n) is 6.21. The monoisotopic (exact) mass is 206 g/mol. The Labute approximate surface area is 89.7 Å². The van der Waals surface area contributed by atoms with E-state index in [2.05, 4.69) is 38.2 Å². The lowest BCUT2D eigenvalue weighted by Gasteiger charge is -2.27. The van der Waals surface area contributed by atoms with Gasteiger partial charge in [0.05, 0.1) is 0 Å². The number of hydrogen-bond donors (Lipinski definition) is 0. The van der Waals surface area contributed by atoms with E-state index < -0.39 is 8.80 Å². The van der Waals surface area contributed by atoms with Crippen molar-refractivity contribution in [2.45, 2.75) is 44.3 Å². The highest BCUT2D eigenvalue weighted by molar-refractivity contribution is 6.60. The van der Waals surface area contributed by atoms with Crippen molar-refractivity contribution in [2.24, 2.45) is 11.8 Å². The summed E-state index contributed by atoms with van der Waals surface area (Å²) >= 11 is 0. The van der Waals surface area contributed by atoms with Gasteiger partial charge in [0.15, 0.2) is 0 Å². The zero-order valence-corrected chi connectivity index (χ0v) is 10.6. The minimum Gasteiger partial charge on any atom is -0.0809 e. The van der Waals surface area contributed by atoms with Crippen LogP contribution in [0.5, 0.6) is 0 Å². The zero-order valence-electron chi connectivity index (χ0n) is 9.45. The van der Waals surface area contributed by atoms with Gasteiger partial charge in [0, 0.05) is 8.80 Å². The van der Waals surface area contributed by atoms with E-state index in [-0.39, 0.29) is 0 Å². The quantitative estimate of drug-likeness (QED) is 0.617. The van der Waals surface area contributed by atoms with Gasteiger partial charge in [-0.1, -0.05) is 56.7 Å². The molecule has 3 atom stereocenters. The predicted molar refractivity (Wildman–Crippen MR) is 66.4 cm³/mol. The third kappa shape index (κ3) is 1.74.